The SMILES string of the molecule is COc1ccc(CC(=O)Nc2nnc(SCC(=O)NCc3ccccc3Cl)s2)cc1OC. The first-order valence-corrected chi connectivity index (χ1v) is 11.6. The van der Waals surface area contributed by atoms with Gasteiger partial charge in [-0.25, -0.2) is 0 Å². The van der Waals surface area contributed by atoms with Crippen LogP contribution in [-0.2, 0) is 22.6 Å². The number of hydrogen-bond donors (Lipinski definition) is 2. The number of halogens is 1. The third kappa shape index (κ3) is 6.84. The van der Waals surface area contributed by atoms with Crippen LogP contribution in [0.2, 0.25) is 5.02 Å². The molecule has 32 heavy (non-hydrogen) atoms. The Balaban J connectivity index is 1.45. The van der Waals surface area contributed by atoms with E-state index in [1.54, 1.807) is 38.5 Å². The summed E-state index contributed by atoms with van der Waals surface area (Å²) >= 11 is 8.54. The average molecular weight is 493 g/mol. The van der Waals surface area contributed by atoms with E-state index in [1.807, 2.05) is 18.2 Å². The highest BCUT2D eigenvalue weighted by Gasteiger charge is 2.13. The molecule has 1 heterocycles. The van der Waals surface area contributed by atoms with E-state index < -0.39 is 0 Å². The first kappa shape index (κ1) is 23.8. The Morgan fingerprint density at radius 1 is 1.06 bits per heavy atom. The number of hydrogen-bond acceptors (Lipinski definition) is 8. The second-order valence-electron chi connectivity index (χ2n) is 6.44. The molecule has 0 saturated carbocycles. The summed E-state index contributed by atoms with van der Waals surface area (Å²) in [7, 11) is 3.09. The molecule has 2 aromatic carbocycles. The monoisotopic (exact) mass is 492 g/mol. The van der Waals surface area contributed by atoms with Crippen LogP contribution >= 0.6 is 34.7 Å². The number of amides is 2. The van der Waals surface area contributed by atoms with Crippen molar-refractivity contribution in [1.82, 2.24) is 15.5 Å². The smallest absolute Gasteiger partial charge is 0.230 e. The van der Waals surface area contributed by atoms with Gasteiger partial charge >= 0.3 is 0 Å². The molecule has 11 heteroatoms. The molecule has 3 rings (SSSR count). The molecule has 0 unspecified atom stereocenters. The molecule has 0 aliphatic carbocycles. The summed E-state index contributed by atoms with van der Waals surface area (Å²) in [5.41, 5.74) is 1.62. The van der Waals surface area contributed by atoms with Gasteiger partial charge in [0.25, 0.3) is 0 Å². The fourth-order valence-corrected chi connectivity index (χ4v) is 4.47. The first-order valence-electron chi connectivity index (χ1n) is 9.45. The van der Waals surface area contributed by atoms with Gasteiger partial charge in [-0.3, -0.25) is 9.59 Å². The van der Waals surface area contributed by atoms with Gasteiger partial charge < -0.3 is 20.1 Å². The number of benzene rings is 2. The van der Waals surface area contributed by atoms with Gasteiger partial charge in [0.2, 0.25) is 16.9 Å². The van der Waals surface area contributed by atoms with E-state index in [4.69, 9.17) is 21.1 Å². The molecule has 0 radical (unpaired) electrons. The molecule has 0 aliphatic heterocycles. The summed E-state index contributed by atoms with van der Waals surface area (Å²) in [6.45, 7) is 0.354. The first-order chi connectivity index (χ1) is 15.5. The van der Waals surface area contributed by atoms with Gasteiger partial charge in [0, 0.05) is 11.6 Å². The number of nitrogens with zero attached hydrogens (tertiary/aromatic N) is 2. The van der Waals surface area contributed by atoms with Crippen molar-refractivity contribution in [2.24, 2.45) is 0 Å². The summed E-state index contributed by atoms with van der Waals surface area (Å²) in [4.78, 5) is 24.4. The van der Waals surface area contributed by atoms with Crippen LogP contribution in [0.1, 0.15) is 11.1 Å². The molecule has 1 aromatic heterocycles. The Bertz CT molecular complexity index is 1090. The highest BCUT2D eigenvalue weighted by atomic mass is 35.5. The van der Waals surface area contributed by atoms with Gasteiger partial charge in [-0.1, -0.05) is 59.0 Å². The van der Waals surface area contributed by atoms with Crippen molar-refractivity contribution in [1.29, 1.82) is 0 Å². The zero-order chi connectivity index (χ0) is 22.9. The Kier molecular flexibility index (Phi) is 8.72. The minimum absolute atomic E-state index is 0.146. The lowest BCUT2D eigenvalue weighted by Crippen LogP contribution is -2.24. The molecule has 0 fully saturated rings. The Hall–Kier alpha value is -2.82. The van der Waals surface area contributed by atoms with Crippen LogP contribution in [0.5, 0.6) is 11.5 Å². The summed E-state index contributed by atoms with van der Waals surface area (Å²) in [6, 6.07) is 12.6. The van der Waals surface area contributed by atoms with Crippen molar-refractivity contribution in [3.8, 4) is 11.5 Å². The van der Waals surface area contributed by atoms with Crippen molar-refractivity contribution in [2.75, 3.05) is 25.3 Å². The van der Waals surface area contributed by atoms with Crippen molar-refractivity contribution >= 4 is 51.6 Å². The summed E-state index contributed by atoms with van der Waals surface area (Å²) in [5.74, 6) is 0.948. The van der Waals surface area contributed by atoms with Crippen LogP contribution in [0.25, 0.3) is 0 Å². The molecule has 0 bridgehead atoms. The summed E-state index contributed by atoms with van der Waals surface area (Å²) in [5, 5.41) is 14.5. The predicted octanol–water partition coefficient (Wildman–Crippen LogP) is 3.80. The fourth-order valence-electron chi connectivity index (χ4n) is 2.67. The molecular weight excluding hydrogens is 472 g/mol. The lowest BCUT2D eigenvalue weighted by Gasteiger charge is -2.09. The zero-order valence-electron chi connectivity index (χ0n) is 17.4. The summed E-state index contributed by atoms with van der Waals surface area (Å²) in [6.07, 6.45) is 0.146. The van der Waals surface area contributed by atoms with Crippen molar-refractivity contribution in [3.63, 3.8) is 0 Å². The third-order valence-corrected chi connectivity index (χ3v) is 6.57. The van der Waals surface area contributed by atoms with Gasteiger partial charge in [0.05, 0.1) is 26.4 Å². The average Bonchev–Trinajstić information content (AvgIpc) is 3.24. The number of nitrogens with one attached hydrogen (secondary N) is 2. The molecule has 3 aromatic rings. The normalized spacial score (nSPS) is 10.5. The zero-order valence-corrected chi connectivity index (χ0v) is 19.8. The maximum atomic E-state index is 12.3. The van der Waals surface area contributed by atoms with E-state index in [-0.39, 0.29) is 24.0 Å². The molecule has 0 aliphatic rings. The molecule has 0 spiro atoms. The minimum atomic E-state index is -0.234. The number of methoxy groups -OCH3 is 2. The van der Waals surface area contributed by atoms with Crippen LogP contribution in [0, 0.1) is 0 Å². The number of anilines is 1. The van der Waals surface area contributed by atoms with E-state index in [1.165, 1.54) is 23.1 Å². The second kappa shape index (κ2) is 11.7. The van der Waals surface area contributed by atoms with Crippen LogP contribution < -0.4 is 20.1 Å². The minimum Gasteiger partial charge on any atom is -0.493 e. The molecule has 0 saturated heterocycles. The van der Waals surface area contributed by atoms with Gasteiger partial charge in [0.1, 0.15) is 0 Å². The molecule has 168 valence electrons. The van der Waals surface area contributed by atoms with Crippen molar-refractivity contribution < 1.29 is 19.1 Å². The highest BCUT2D eigenvalue weighted by Crippen LogP contribution is 2.28. The van der Waals surface area contributed by atoms with Crippen molar-refractivity contribution in [2.45, 2.75) is 17.3 Å². The fraction of sp³-hybridized carbons (Fsp3) is 0.238. The maximum absolute atomic E-state index is 12.3. The van der Waals surface area contributed by atoms with E-state index in [9.17, 15) is 9.59 Å². The largest absolute Gasteiger partial charge is 0.493 e. The third-order valence-electron chi connectivity index (χ3n) is 4.23. The lowest BCUT2D eigenvalue weighted by atomic mass is 10.1. The number of carbonyl (C=O) groups is 2. The number of thioether (sulfide) groups is 1. The van der Waals surface area contributed by atoms with Crippen LogP contribution in [0.15, 0.2) is 46.8 Å². The van der Waals surface area contributed by atoms with E-state index in [2.05, 4.69) is 20.8 Å². The van der Waals surface area contributed by atoms with Crippen molar-refractivity contribution in [3.05, 3.63) is 58.6 Å². The number of carbonyl (C=O) groups excluding carboxylic acids is 2. The maximum Gasteiger partial charge on any atom is 0.230 e. The number of rotatable bonds is 10. The number of aromatic nitrogens is 2. The van der Waals surface area contributed by atoms with Crippen LogP contribution in [0.3, 0.4) is 0 Å². The quantitative estimate of drug-likeness (QED) is 0.328. The molecular formula is C21H21ClN4O4S2. The highest BCUT2D eigenvalue weighted by molar-refractivity contribution is 8.01. The molecule has 0 atom stereocenters. The Morgan fingerprint density at radius 3 is 2.59 bits per heavy atom. The Labute approximate surface area is 198 Å². The van der Waals surface area contributed by atoms with E-state index in [0.717, 1.165) is 11.1 Å². The van der Waals surface area contributed by atoms with Gasteiger partial charge in [-0.05, 0) is 29.3 Å². The summed E-state index contributed by atoms with van der Waals surface area (Å²) < 4.78 is 11.0. The molecule has 2 N–H and O–H groups in total. The topological polar surface area (TPSA) is 102 Å². The van der Waals surface area contributed by atoms with Crippen LogP contribution in [-0.4, -0.2) is 42.0 Å². The molecule has 2 amide bonds. The van der Waals surface area contributed by atoms with Crippen LogP contribution in [0.4, 0.5) is 5.13 Å². The number of ether oxygens (including phenoxy) is 2. The van der Waals surface area contributed by atoms with Gasteiger partial charge in [-0.2, -0.15) is 0 Å². The lowest BCUT2D eigenvalue weighted by molar-refractivity contribution is -0.118. The Morgan fingerprint density at radius 2 is 1.84 bits per heavy atom. The second-order valence-corrected chi connectivity index (χ2v) is 9.05. The van der Waals surface area contributed by atoms with Gasteiger partial charge in [-0.15, -0.1) is 10.2 Å². The van der Waals surface area contributed by atoms with Gasteiger partial charge in [0.15, 0.2) is 15.8 Å². The standard InChI is InChI=1S/C21H21ClN4O4S2/c1-29-16-8-7-13(9-17(16)30-2)10-18(27)24-20-25-26-21(32-20)31-12-19(28)23-11-14-5-3-4-6-15(14)22/h3-9H,10-12H2,1-2H3,(H,23,28)(H,24,25,27). The molecule has 8 nitrogen and oxygen atoms in total. The predicted molar refractivity (Wildman–Crippen MR) is 126 cm³/mol. The van der Waals surface area contributed by atoms with E-state index in [0.29, 0.717) is 32.5 Å². The van der Waals surface area contributed by atoms with E-state index >= 15 is 0 Å².